The van der Waals surface area contributed by atoms with Gasteiger partial charge in [0.25, 0.3) is 5.90 Å². The molecule has 1 aromatic carbocycles. The maximum atomic E-state index is 13.7. The summed E-state index contributed by atoms with van der Waals surface area (Å²) in [5.74, 6) is -4.36. The molecule has 0 N–H and O–H groups in total. The number of azide groups is 1. The van der Waals surface area contributed by atoms with Gasteiger partial charge in [-0.3, -0.25) is 14.4 Å². The summed E-state index contributed by atoms with van der Waals surface area (Å²) < 4.78 is 66.8. The highest BCUT2D eigenvalue weighted by Gasteiger charge is 2.53. The molecule has 0 saturated carbocycles. The van der Waals surface area contributed by atoms with E-state index in [1.165, 1.54) is 24.3 Å². The van der Waals surface area contributed by atoms with Crippen molar-refractivity contribution < 1.29 is 51.2 Å². The molecule has 0 amide bonds. The van der Waals surface area contributed by atoms with Crippen LogP contribution >= 0.6 is 0 Å². The molecule has 190 valence electrons. The summed E-state index contributed by atoms with van der Waals surface area (Å²) in [4.78, 5) is 40.7. The van der Waals surface area contributed by atoms with Crippen molar-refractivity contribution in [3.63, 3.8) is 0 Å². The second-order valence-electron chi connectivity index (χ2n) is 7.06. The zero-order valence-electron chi connectivity index (χ0n) is 18.7. The number of rotatable bonds is 7. The van der Waals surface area contributed by atoms with Gasteiger partial charge in [0.1, 0.15) is 18.8 Å². The van der Waals surface area contributed by atoms with E-state index in [0.717, 1.165) is 20.8 Å². The van der Waals surface area contributed by atoms with Gasteiger partial charge in [-0.1, -0.05) is 23.3 Å². The van der Waals surface area contributed by atoms with E-state index >= 15 is 0 Å². The summed E-state index contributed by atoms with van der Waals surface area (Å²) in [6.07, 6.45) is -11.8. The van der Waals surface area contributed by atoms with Crippen LogP contribution in [0.4, 0.5) is 18.9 Å². The second-order valence-corrected chi connectivity index (χ2v) is 7.06. The Morgan fingerprint density at radius 2 is 1.60 bits per heavy atom. The monoisotopic (exact) mass is 502 g/mol. The Hall–Kier alpha value is -3.84. The number of esters is 3. The fraction of sp³-hybridized carbons (Fsp3) is 0.500. The van der Waals surface area contributed by atoms with Crippen LogP contribution in [0.25, 0.3) is 10.4 Å². The number of ether oxygens (including phenoxy) is 5. The van der Waals surface area contributed by atoms with E-state index in [2.05, 4.69) is 15.0 Å². The predicted octanol–water partition coefficient (Wildman–Crippen LogP) is 3.13. The first-order valence-electron chi connectivity index (χ1n) is 9.97. The van der Waals surface area contributed by atoms with Gasteiger partial charge in [-0.15, -0.1) is 0 Å². The molecule has 0 bridgehead atoms. The minimum Gasteiger partial charge on any atom is -0.463 e. The number of aliphatic imine (C=N–C) groups is 1. The van der Waals surface area contributed by atoms with Crippen LogP contribution < -0.4 is 0 Å². The lowest BCUT2D eigenvalue weighted by Crippen LogP contribution is -2.61. The van der Waals surface area contributed by atoms with Gasteiger partial charge in [-0.2, -0.15) is 13.2 Å². The summed E-state index contributed by atoms with van der Waals surface area (Å²) in [5, 5.41) is 3.36. The molecule has 5 unspecified atom stereocenters. The van der Waals surface area contributed by atoms with Crippen LogP contribution in [0.1, 0.15) is 20.8 Å². The highest BCUT2D eigenvalue weighted by atomic mass is 19.4. The molecule has 0 aliphatic carbocycles. The van der Waals surface area contributed by atoms with E-state index in [1.54, 1.807) is 6.07 Å². The van der Waals surface area contributed by atoms with Crippen LogP contribution in [0, 0.1) is 0 Å². The topological polar surface area (TPSA) is 158 Å². The molecule has 1 aliphatic heterocycles. The lowest BCUT2D eigenvalue weighted by molar-refractivity contribution is -0.260. The summed E-state index contributed by atoms with van der Waals surface area (Å²) in [5.41, 5.74) is 8.90. The van der Waals surface area contributed by atoms with Crippen LogP contribution in [-0.4, -0.2) is 67.2 Å². The number of benzene rings is 1. The lowest BCUT2D eigenvalue weighted by atomic mass is 9.97. The molecule has 1 fully saturated rings. The number of nitrogens with zero attached hydrogens (tertiary/aromatic N) is 4. The molecule has 15 heteroatoms. The lowest BCUT2D eigenvalue weighted by Gasteiger charge is -2.43. The highest BCUT2D eigenvalue weighted by molar-refractivity contribution is 5.84. The third-order valence-corrected chi connectivity index (χ3v) is 4.31. The average Bonchev–Trinajstić information content (AvgIpc) is 2.75. The van der Waals surface area contributed by atoms with E-state index in [1.807, 2.05) is 0 Å². The smallest absolute Gasteiger partial charge is 0.463 e. The third-order valence-electron chi connectivity index (χ3n) is 4.31. The van der Waals surface area contributed by atoms with Crippen molar-refractivity contribution in [2.45, 2.75) is 57.6 Å². The van der Waals surface area contributed by atoms with Gasteiger partial charge < -0.3 is 23.7 Å². The molecule has 1 aromatic rings. The van der Waals surface area contributed by atoms with Crippen molar-refractivity contribution in [3.8, 4) is 0 Å². The Morgan fingerprint density at radius 3 is 2.11 bits per heavy atom. The van der Waals surface area contributed by atoms with Crippen molar-refractivity contribution in [1.82, 2.24) is 0 Å². The first-order chi connectivity index (χ1) is 16.4. The fourth-order valence-corrected chi connectivity index (χ4v) is 3.05. The van der Waals surface area contributed by atoms with Gasteiger partial charge in [-0.25, -0.2) is 4.99 Å². The van der Waals surface area contributed by atoms with Crippen LogP contribution in [0.2, 0.25) is 0 Å². The second kappa shape index (κ2) is 12.0. The molecule has 0 spiro atoms. The predicted molar refractivity (Wildman–Crippen MR) is 110 cm³/mol. The Kier molecular flexibility index (Phi) is 9.42. The molecule has 2 rings (SSSR count). The van der Waals surface area contributed by atoms with Crippen LogP contribution in [0.5, 0.6) is 0 Å². The number of hydrogen-bond acceptors (Lipinski definition) is 10. The van der Waals surface area contributed by atoms with Crippen LogP contribution in [0.3, 0.4) is 0 Å². The van der Waals surface area contributed by atoms with Crippen molar-refractivity contribution in [2.75, 3.05) is 6.61 Å². The number of para-hydroxylation sites is 1. The Labute approximate surface area is 196 Å². The molecule has 5 atom stereocenters. The number of carbonyl (C=O) groups is 3. The van der Waals surface area contributed by atoms with Crippen molar-refractivity contribution in [2.24, 2.45) is 10.1 Å². The van der Waals surface area contributed by atoms with Crippen molar-refractivity contribution in [1.29, 1.82) is 0 Å². The van der Waals surface area contributed by atoms with Gasteiger partial charge in [0, 0.05) is 25.7 Å². The van der Waals surface area contributed by atoms with E-state index in [0.29, 0.717) is 0 Å². The fourth-order valence-electron chi connectivity index (χ4n) is 3.05. The zero-order chi connectivity index (χ0) is 26.2. The number of hydrogen-bond donors (Lipinski definition) is 0. The normalized spacial score (nSPS) is 24.5. The minimum absolute atomic E-state index is 0.109. The van der Waals surface area contributed by atoms with Gasteiger partial charge in [0.2, 0.25) is 6.29 Å². The molecule has 0 radical (unpaired) electrons. The molecule has 12 nitrogen and oxygen atoms in total. The highest BCUT2D eigenvalue weighted by Crippen LogP contribution is 2.32. The minimum atomic E-state index is -5.12. The van der Waals surface area contributed by atoms with Gasteiger partial charge >= 0.3 is 24.1 Å². The summed E-state index contributed by atoms with van der Waals surface area (Å²) in [6.45, 7) is 2.42. The molecule has 1 heterocycles. The standard InChI is InChI=1S/C20H21F3N4O8/c1-10(28)31-9-14-16(32-11(2)29)17(33-12(3)30)15(26-27-24)18(34-14)35-19(20(21,22)23)25-13-7-5-4-6-8-13/h4-8,14-18H,9H2,1-3H3. The van der Waals surface area contributed by atoms with Gasteiger partial charge in [0.05, 0.1) is 5.69 Å². The average molecular weight is 502 g/mol. The maximum Gasteiger partial charge on any atom is 0.468 e. The summed E-state index contributed by atoms with van der Waals surface area (Å²) >= 11 is 0. The van der Waals surface area contributed by atoms with Gasteiger partial charge in [0.15, 0.2) is 12.2 Å². The molecule has 1 saturated heterocycles. The van der Waals surface area contributed by atoms with Crippen molar-refractivity contribution in [3.05, 3.63) is 40.8 Å². The summed E-state index contributed by atoms with van der Waals surface area (Å²) in [6, 6.07) is 5.26. The number of alkyl halides is 3. The Balaban J connectivity index is 2.54. The van der Waals surface area contributed by atoms with E-state index in [-0.39, 0.29) is 5.69 Å². The number of carbonyl (C=O) groups excluding carboxylic acids is 3. The SMILES string of the molecule is CC(=O)OCC1OC(OC(=Nc2ccccc2)C(F)(F)F)C(N=[N+]=[N-])C(OC(C)=O)C1OC(C)=O. The molecule has 1 aliphatic rings. The molecular formula is C20H21F3N4O8. The van der Waals surface area contributed by atoms with E-state index < -0.39 is 67.2 Å². The first-order valence-corrected chi connectivity index (χ1v) is 9.97. The van der Waals surface area contributed by atoms with E-state index in [4.69, 9.17) is 29.2 Å². The first kappa shape index (κ1) is 27.4. The zero-order valence-corrected chi connectivity index (χ0v) is 18.7. The molecular weight excluding hydrogens is 481 g/mol. The third kappa shape index (κ3) is 8.15. The Morgan fingerprint density at radius 1 is 1.00 bits per heavy atom. The molecule has 0 aromatic heterocycles. The maximum absolute atomic E-state index is 13.7. The summed E-state index contributed by atoms with van der Waals surface area (Å²) in [7, 11) is 0. The quantitative estimate of drug-likeness (QED) is 0.105. The van der Waals surface area contributed by atoms with Crippen LogP contribution in [0.15, 0.2) is 40.4 Å². The molecule has 35 heavy (non-hydrogen) atoms. The van der Waals surface area contributed by atoms with E-state index in [9.17, 15) is 27.6 Å². The van der Waals surface area contributed by atoms with Gasteiger partial charge in [-0.05, 0) is 17.7 Å². The number of halogens is 3. The van der Waals surface area contributed by atoms with Crippen LogP contribution in [-0.2, 0) is 38.1 Å². The Bertz CT molecular complexity index is 998. The van der Waals surface area contributed by atoms with Crippen molar-refractivity contribution >= 4 is 29.5 Å². The largest absolute Gasteiger partial charge is 0.468 e.